The van der Waals surface area contributed by atoms with Gasteiger partial charge in [-0.05, 0) is 31.4 Å². The maximum atomic E-state index is 11.1. The maximum absolute atomic E-state index is 11.1. The van der Waals surface area contributed by atoms with Crippen molar-refractivity contribution in [3.63, 3.8) is 0 Å². The summed E-state index contributed by atoms with van der Waals surface area (Å²) in [5.41, 5.74) is 0.934. The van der Waals surface area contributed by atoms with Gasteiger partial charge in [0.05, 0.1) is 5.41 Å². The standard InChI is InChI=1S/C13H16NO/c15-11-13(7-4-8-14-10-13)9-12-5-2-1-3-6-12/h1-3,5-6,14H,4,7-10H2/t13-/m1/s1. The third-order valence-corrected chi connectivity index (χ3v) is 3.07. The van der Waals surface area contributed by atoms with Crippen molar-refractivity contribution in [2.24, 2.45) is 5.41 Å². The van der Waals surface area contributed by atoms with Crippen molar-refractivity contribution in [2.45, 2.75) is 19.3 Å². The van der Waals surface area contributed by atoms with Gasteiger partial charge >= 0.3 is 0 Å². The van der Waals surface area contributed by atoms with Gasteiger partial charge in [-0.3, -0.25) is 4.79 Å². The SMILES string of the molecule is O=[C][C@@]1(Cc2ccccc2)CCCNC1. The zero-order valence-corrected chi connectivity index (χ0v) is 8.83. The van der Waals surface area contributed by atoms with Gasteiger partial charge in [-0.2, -0.15) is 0 Å². The fourth-order valence-corrected chi connectivity index (χ4v) is 2.23. The van der Waals surface area contributed by atoms with Crippen LogP contribution in [-0.2, 0) is 11.2 Å². The van der Waals surface area contributed by atoms with Crippen LogP contribution in [-0.4, -0.2) is 19.4 Å². The molecular weight excluding hydrogens is 186 g/mol. The fourth-order valence-electron chi connectivity index (χ4n) is 2.23. The molecule has 1 aliphatic heterocycles. The quantitative estimate of drug-likeness (QED) is 0.808. The van der Waals surface area contributed by atoms with Crippen LogP contribution in [0.5, 0.6) is 0 Å². The molecule has 79 valence electrons. The van der Waals surface area contributed by atoms with Gasteiger partial charge in [-0.15, -0.1) is 0 Å². The fraction of sp³-hybridized carbons (Fsp3) is 0.462. The van der Waals surface area contributed by atoms with Gasteiger partial charge in [0.15, 0.2) is 0 Å². The molecule has 1 atom stereocenters. The molecule has 0 spiro atoms. The van der Waals surface area contributed by atoms with Crippen molar-refractivity contribution in [2.75, 3.05) is 13.1 Å². The molecule has 0 saturated carbocycles. The summed E-state index contributed by atoms with van der Waals surface area (Å²) in [4.78, 5) is 11.1. The van der Waals surface area contributed by atoms with E-state index in [1.807, 2.05) is 18.2 Å². The lowest BCUT2D eigenvalue weighted by Crippen LogP contribution is -2.42. The molecular formula is C13H16NO. The van der Waals surface area contributed by atoms with Crippen LogP contribution in [0.15, 0.2) is 30.3 Å². The second-order valence-electron chi connectivity index (χ2n) is 4.33. The highest BCUT2D eigenvalue weighted by Crippen LogP contribution is 2.28. The van der Waals surface area contributed by atoms with Gasteiger partial charge in [0.1, 0.15) is 0 Å². The molecule has 0 aliphatic carbocycles. The summed E-state index contributed by atoms with van der Waals surface area (Å²) in [5.74, 6) is 0. The summed E-state index contributed by atoms with van der Waals surface area (Å²) in [6.45, 7) is 1.80. The van der Waals surface area contributed by atoms with E-state index < -0.39 is 0 Å². The minimum absolute atomic E-state index is 0.292. The largest absolute Gasteiger partial charge is 0.316 e. The zero-order valence-electron chi connectivity index (χ0n) is 8.83. The number of carbonyl (C=O) groups excluding carboxylic acids is 1. The van der Waals surface area contributed by atoms with E-state index in [9.17, 15) is 4.79 Å². The van der Waals surface area contributed by atoms with Gasteiger partial charge in [0, 0.05) is 6.54 Å². The van der Waals surface area contributed by atoms with Crippen molar-refractivity contribution >= 4 is 6.29 Å². The molecule has 2 heteroatoms. The van der Waals surface area contributed by atoms with E-state index in [-0.39, 0.29) is 5.41 Å². The number of rotatable bonds is 3. The Labute approximate surface area is 90.7 Å². The number of nitrogens with one attached hydrogen (secondary N) is 1. The Bertz CT molecular complexity index is 315. The average Bonchev–Trinajstić information content (AvgIpc) is 2.32. The topological polar surface area (TPSA) is 29.1 Å². The van der Waals surface area contributed by atoms with Crippen LogP contribution >= 0.6 is 0 Å². The van der Waals surface area contributed by atoms with Crippen LogP contribution in [0.4, 0.5) is 0 Å². The normalized spacial score (nSPS) is 26.1. The summed E-state index contributed by atoms with van der Waals surface area (Å²) >= 11 is 0. The van der Waals surface area contributed by atoms with Gasteiger partial charge in [0.2, 0.25) is 6.29 Å². The Morgan fingerprint density at radius 1 is 1.33 bits per heavy atom. The van der Waals surface area contributed by atoms with Crippen LogP contribution in [0.1, 0.15) is 18.4 Å². The summed E-state index contributed by atoms with van der Waals surface area (Å²) in [6, 6.07) is 10.2. The Morgan fingerprint density at radius 2 is 2.13 bits per heavy atom. The van der Waals surface area contributed by atoms with Crippen molar-refractivity contribution < 1.29 is 4.79 Å². The average molecular weight is 202 g/mol. The molecule has 1 N–H and O–H groups in total. The molecule has 1 aromatic carbocycles. The zero-order chi connectivity index (χ0) is 10.6. The van der Waals surface area contributed by atoms with Crippen molar-refractivity contribution in [1.82, 2.24) is 5.32 Å². The molecule has 2 nitrogen and oxygen atoms in total. The van der Waals surface area contributed by atoms with Gasteiger partial charge in [-0.1, -0.05) is 30.3 Å². The highest BCUT2D eigenvalue weighted by Gasteiger charge is 2.32. The van der Waals surface area contributed by atoms with Gasteiger partial charge in [-0.25, -0.2) is 0 Å². The lowest BCUT2D eigenvalue weighted by Gasteiger charge is -2.31. The number of piperidine rings is 1. The molecule has 1 aromatic rings. The second-order valence-corrected chi connectivity index (χ2v) is 4.33. The van der Waals surface area contributed by atoms with E-state index in [1.54, 1.807) is 0 Å². The molecule has 0 unspecified atom stereocenters. The summed E-state index contributed by atoms with van der Waals surface area (Å²) in [7, 11) is 0. The smallest absolute Gasteiger partial charge is 0.206 e. The molecule has 2 rings (SSSR count). The van der Waals surface area contributed by atoms with Crippen LogP contribution in [0.25, 0.3) is 0 Å². The molecule has 1 fully saturated rings. The van der Waals surface area contributed by atoms with Crippen LogP contribution in [0.2, 0.25) is 0 Å². The predicted molar refractivity (Wildman–Crippen MR) is 60.4 cm³/mol. The Kier molecular flexibility index (Phi) is 3.17. The van der Waals surface area contributed by atoms with E-state index in [2.05, 4.69) is 23.7 Å². The second kappa shape index (κ2) is 4.58. The van der Waals surface area contributed by atoms with Crippen LogP contribution < -0.4 is 5.32 Å². The molecule has 15 heavy (non-hydrogen) atoms. The van der Waals surface area contributed by atoms with Crippen molar-refractivity contribution in [3.05, 3.63) is 35.9 Å². The minimum Gasteiger partial charge on any atom is -0.316 e. The number of hydrogen-bond acceptors (Lipinski definition) is 2. The first-order valence-corrected chi connectivity index (χ1v) is 5.49. The first-order chi connectivity index (χ1) is 7.35. The number of benzene rings is 1. The van der Waals surface area contributed by atoms with Crippen molar-refractivity contribution in [3.8, 4) is 0 Å². The summed E-state index contributed by atoms with van der Waals surface area (Å²) in [6.07, 6.45) is 5.09. The van der Waals surface area contributed by atoms with Gasteiger partial charge < -0.3 is 5.32 Å². The molecule has 1 heterocycles. The monoisotopic (exact) mass is 202 g/mol. The molecule has 0 amide bonds. The Balaban J connectivity index is 2.10. The molecule has 1 radical (unpaired) electrons. The lowest BCUT2D eigenvalue weighted by molar-refractivity contribution is 0.288. The van der Waals surface area contributed by atoms with E-state index in [4.69, 9.17) is 0 Å². The van der Waals surface area contributed by atoms with E-state index in [0.29, 0.717) is 0 Å². The molecule has 0 bridgehead atoms. The molecule has 1 aliphatic rings. The van der Waals surface area contributed by atoms with E-state index >= 15 is 0 Å². The maximum Gasteiger partial charge on any atom is 0.206 e. The Morgan fingerprint density at radius 3 is 2.73 bits per heavy atom. The Hall–Kier alpha value is -1.15. The lowest BCUT2D eigenvalue weighted by atomic mass is 9.77. The summed E-state index contributed by atoms with van der Waals surface area (Å²) in [5, 5.41) is 3.28. The summed E-state index contributed by atoms with van der Waals surface area (Å²) < 4.78 is 0. The van der Waals surface area contributed by atoms with Crippen LogP contribution in [0.3, 0.4) is 0 Å². The molecule has 0 aromatic heterocycles. The highest BCUT2D eigenvalue weighted by molar-refractivity contribution is 5.61. The van der Waals surface area contributed by atoms with E-state index in [1.165, 1.54) is 5.56 Å². The first-order valence-electron chi connectivity index (χ1n) is 5.49. The molecule has 1 saturated heterocycles. The highest BCUT2D eigenvalue weighted by atomic mass is 16.1. The predicted octanol–water partition coefficient (Wildman–Crippen LogP) is 1.71. The number of hydrogen-bond donors (Lipinski definition) is 1. The van der Waals surface area contributed by atoms with E-state index in [0.717, 1.165) is 32.4 Å². The first kappa shape index (κ1) is 10.4. The van der Waals surface area contributed by atoms with Crippen molar-refractivity contribution in [1.29, 1.82) is 0 Å². The minimum atomic E-state index is -0.292. The van der Waals surface area contributed by atoms with Gasteiger partial charge in [0.25, 0.3) is 0 Å². The third kappa shape index (κ3) is 2.45. The third-order valence-electron chi connectivity index (χ3n) is 3.07. The van der Waals surface area contributed by atoms with Crippen LogP contribution in [0, 0.1) is 5.41 Å².